The van der Waals surface area contributed by atoms with Crippen molar-refractivity contribution in [1.82, 2.24) is 15.0 Å². The summed E-state index contributed by atoms with van der Waals surface area (Å²) in [6, 6.07) is 7.76. The highest BCUT2D eigenvalue weighted by atomic mass is 16.5. The summed E-state index contributed by atoms with van der Waals surface area (Å²) in [4.78, 5) is 15.0. The van der Waals surface area contributed by atoms with Crippen molar-refractivity contribution in [1.29, 1.82) is 0 Å². The molecule has 2 fully saturated rings. The van der Waals surface area contributed by atoms with Gasteiger partial charge in [0.05, 0.1) is 19.7 Å². The smallest absolute Gasteiger partial charge is 0.218 e. The molecule has 4 rings (SSSR count). The van der Waals surface area contributed by atoms with Gasteiger partial charge in [0.2, 0.25) is 11.8 Å². The Morgan fingerprint density at radius 2 is 2.17 bits per heavy atom. The van der Waals surface area contributed by atoms with E-state index in [-0.39, 0.29) is 18.2 Å². The number of rotatable bonds is 4. The molecule has 2 aromatic rings. The third-order valence-electron chi connectivity index (χ3n) is 4.52. The van der Waals surface area contributed by atoms with Gasteiger partial charge in [-0.3, -0.25) is 0 Å². The minimum absolute atomic E-state index is 0.0155. The van der Waals surface area contributed by atoms with Gasteiger partial charge < -0.3 is 19.1 Å². The fourth-order valence-corrected chi connectivity index (χ4v) is 3.45. The van der Waals surface area contributed by atoms with E-state index in [0.717, 1.165) is 25.3 Å². The Hall–Kier alpha value is -2.41. The van der Waals surface area contributed by atoms with Crippen LogP contribution in [-0.4, -0.2) is 53.5 Å². The molecular weight excluding hydrogens is 308 g/mol. The third-order valence-corrected chi connectivity index (χ3v) is 4.52. The standard InChI is InChI=1S/C17H20N4O3/c1-22-16-9-14(19-11-20-16)21-10-13(17-12(21)5-4-8-23-17)24-15-6-2-3-7-18-15/h2-3,6-7,9,11-13,17H,4-5,8,10H2,1H3/t12-,13+,17+/m1/s1. The lowest BCUT2D eigenvalue weighted by Gasteiger charge is -2.32. The third kappa shape index (κ3) is 2.87. The maximum atomic E-state index is 6.10. The normalized spacial score (nSPS) is 26.0. The lowest BCUT2D eigenvalue weighted by atomic mass is 10.0. The number of ether oxygens (including phenoxy) is 3. The molecule has 3 atom stereocenters. The fourth-order valence-electron chi connectivity index (χ4n) is 3.45. The SMILES string of the molecule is COc1cc(N2C[C@H](Oc3ccccn3)[C@H]3OCCC[C@H]32)ncn1. The highest BCUT2D eigenvalue weighted by molar-refractivity contribution is 5.45. The van der Waals surface area contributed by atoms with Crippen LogP contribution in [0.3, 0.4) is 0 Å². The molecule has 2 aliphatic heterocycles. The summed E-state index contributed by atoms with van der Waals surface area (Å²) in [5.41, 5.74) is 0. The number of hydrogen-bond acceptors (Lipinski definition) is 7. The number of pyridine rings is 1. The van der Waals surface area contributed by atoms with Gasteiger partial charge in [0, 0.05) is 24.9 Å². The lowest BCUT2D eigenvalue weighted by molar-refractivity contribution is -0.0372. The van der Waals surface area contributed by atoms with Crippen molar-refractivity contribution in [2.75, 3.05) is 25.2 Å². The number of methoxy groups -OCH3 is 1. The molecule has 2 aliphatic rings. The maximum absolute atomic E-state index is 6.10. The number of nitrogens with zero attached hydrogens (tertiary/aromatic N) is 4. The molecule has 0 bridgehead atoms. The lowest BCUT2D eigenvalue weighted by Crippen LogP contribution is -2.42. The van der Waals surface area contributed by atoms with E-state index in [1.165, 1.54) is 6.33 Å². The van der Waals surface area contributed by atoms with Gasteiger partial charge in [-0.25, -0.2) is 15.0 Å². The van der Waals surface area contributed by atoms with Crippen LogP contribution in [0.15, 0.2) is 36.8 Å². The van der Waals surface area contributed by atoms with Gasteiger partial charge in [-0.2, -0.15) is 0 Å². The number of anilines is 1. The van der Waals surface area contributed by atoms with Crippen LogP contribution < -0.4 is 14.4 Å². The van der Waals surface area contributed by atoms with E-state index in [4.69, 9.17) is 14.2 Å². The van der Waals surface area contributed by atoms with Crippen LogP contribution in [0.2, 0.25) is 0 Å². The van der Waals surface area contributed by atoms with Gasteiger partial charge in [-0.1, -0.05) is 6.07 Å². The van der Waals surface area contributed by atoms with Crippen LogP contribution in [0.1, 0.15) is 12.8 Å². The van der Waals surface area contributed by atoms with Crippen LogP contribution in [0.4, 0.5) is 5.82 Å². The van der Waals surface area contributed by atoms with Crippen LogP contribution >= 0.6 is 0 Å². The predicted molar refractivity (Wildman–Crippen MR) is 87.3 cm³/mol. The largest absolute Gasteiger partial charge is 0.481 e. The number of hydrogen-bond donors (Lipinski definition) is 0. The molecular formula is C17H20N4O3. The first kappa shape index (κ1) is 15.1. The highest BCUT2D eigenvalue weighted by Gasteiger charge is 2.46. The Morgan fingerprint density at radius 3 is 3.00 bits per heavy atom. The van der Waals surface area contributed by atoms with Gasteiger partial charge in [-0.05, 0) is 18.9 Å². The van der Waals surface area contributed by atoms with E-state index < -0.39 is 0 Å². The summed E-state index contributed by atoms with van der Waals surface area (Å²) in [7, 11) is 1.61. The summed E-state index contributed by atoms with van der Waals surface area (Å²) >= 11 is 0. The highest BCUT2D eigenvalue weighted by Crippen LogP contribution is 2.34. The molecule has 7 nitrogen and oxygen atoms in total. The molecule has 0 radical (unpaired) electrons. The van der Waals surface area contributed by atoms with Crippen LogP contribution in [-0.2, 0) is 4.74 Å². The average Bonchev–Trinajstić information content (AvgIpc) is 3.01. The Kier molecular flexibility index (Phi) is 4.17. The summed E-state index contributed by atoms with van der Waals surface area (Å²) in [6.07, 6.45) is 5.29. The van der Waals surface area contributed by atoms with Crippen molar-refractivity contribution in [2.45, 2.75) is 31.1 Å². The van der Waals surface area contributed by atoms with Crippen molar-refractivity contribution in [2.24, 2.45) is 0 Å². The van der Waals surface area contributed by atoms with E-state index in [9.17, 15) is 0 Å². The Labute approximate surface area is 140 Å². The fraction of sp³-hybridized carbons (Fsp3) is 0.471. The first-order chi connectivity index (χ1) is 11.8. The van der Waals surface area contributed by atoms with Gasteiger partial charge in [0.1, 0.15) is 24.4 Å². The second kappa shape index (κ2) is 6.60. The molecule has 0 amide bonds. The van der Waals surface area contributed by atoms with Crippen molar-refractivity contribution in [3.8, 4) is 11.8 Å². The quantitative estimate of drug-likeness (QED) is 0.846. The topological polar surface area (TPSA) is 69.6 Å². The summed E-state index contributed by atoms with van der Waals surface area (Å²) < 4.78 is 17.3. The minimum Gasteiger partial charge on any atom is -0.481 e. The molecule has 2 saturated heterocycles. The molecule has 0 aliphatic carbocycles. The summed E-state index contributed by atoms with van der Waals surface area (Å²) in [5.74, 6) is 2.02. The first-order valence-electron chi connectivity index (χ1n) is 8.17. The Balaban J connectivity index is 1.59. The maximum Gasteiger partial charge on any atom is 0.218 e. The molecule has 0 unspecified atom stereocenters. The minimum atomic E-state index is -0.0776. The van der Waals surface area contributed by atoms with E-state index >= 15 is 0 Å². The van der Waals surface area contributed by atoms with Crippen molar-refractivity contribution in [3.05, 3.63) is 36.8 Å². The van der Waals surface area contributed by atoms with Gasteiger partial charge in [0.25, 0.3) is 0 Å². The number of aromatic nitrogens is 3. The van der Waals surface area contributed by atoms with Crippen LogP contribution in [0.25, 0.3) is 0 Å². The molecule has 7 heteroatoms. The van der Waals surface area contributed by atoms with Crippen molar-refractivity contribution < 1.29 is 14.2 Å². The monoisotopic (exact) mass is 328 g/mol. The molecule has 24 heavy (non-hydrogen) atoms. The zero-order valence-corrected chi connectivity index (χ0v) is 13.5. The number of fused-ring (bicyclic) bond motifs is 1. The van der Waals surface area contributed by atoms with E-state index in [0.29, 0.717) is 18.3 Å². The Bertz CT molecular complexity index is 685. The first-order valence-corrected chi connectivity index (χ1v) is 8.17. The van der Waals surface area contributed by atoms with Gasteiger partial charge in [0.15, 0.2) is 0 Å². The molecule has 0 spiro atoms. The molecule has 2 aromatic heterocycles. The van der Waals surface area contributed by atoms with Gasteiger partial charge >= 0.3 is 0 Å². The second-order valence-electron chi connectivity index (χ2n) is 5.94. The Morgan fingerprint density at radius 1 is 1.21 bits per heavy atom. The molecule has 0 aromatic carbocycles. The van der Waals surface area contributed by atoms with Crippen molar-refractivity contribution in [3.63, 3.8) is 0 Å². The van der Waals surface area contributed by atoms with E-state index in [1.807, 2.05) is 24.3 Å². The van der Waals surface area contributed by atoms with E-state index in [2.05, 4.69) is 19.9 Å². The molecule has 0 saturated carbocycles. The summed E-state index contributed by atoms with van der Waals surface area (Å²) in [6.45, 7) is 1.47. The molecule has 126 valence electrons. The van der Waals surface area contributed by atoms with Gasteiger partial charge in [-0.15, -0.1) is 0 Å². The second-order valence-corrected chi connectivity index (χ2v) is 5.94. The molecule has 4 heterocycles. The zero-order chi connectivity index (χ0) is 16.4. The average molecular weight is 328 g/mol. The zero-order valence-electron chi connectivity index (χ0n) is 13.5. The van der Waals surface area contributed by atoms with Crippen LogP contribution in [0.5, 0.6) is 11.8 Å². The van der Waals surface area contributed by atoms with E-state index in [1.54, 1.807) is 13.3 Å². The van der Waals surface area contributed by atoms with Crippen LogP contribution in [0, 0.1) is 0 Å². The predicted octanol–water partition coefficient (Wildman–Crippen LogP) is 1.70. The molecule has 0 N–H and O–H groups in total. The van der Waals surface area contributed by atoms with Crippen molar-refractivity contribution >= 4 is 5.82 Å². The summed E-state index contributed by atoms with van der Waals surface area (Å²) in [5, 5.41) is 0.